The van der Waals surface area contributed by atoms with Crippen LogP contribution >= 0.6 is 11.8 Å². The van der Waals surface area contributed by atoms with E-state index in [4.69, 9.17) is 4.74 Å². The van der Waals surface area contributed by atoms with Crippen molar-refractivity contribution in [1.82, 2.24) is 0 Å². The Labute approximate surface area is 132 Å². The van der Waals surface area contributed by atoms with Crippen molar-refractivity contribution in [3.8, 4) is 11.8 Å². The van der Waals surface area contributed by atoms with Gasteiger partial charge in [-0.15, -0.1) is 0 Å². The highest BCUT2D eigenvalue weighted by atomic mass is 32.2. The topological polar surface area (TPSA) is 86.5 Å². The highest BCUT2D eigenvalue weighted by molar-refractivity contribution is 8.13. The third-order valence-electron chi connectivity index (χ3n) is 2.46. The third kappa shape index (κ3) is 5.58. The van der Waals surface area contributed by atoms with E-state index in [1.54, 1.807) is 6.92 Å². The van der Waals surface area contributed by atoms with E-state index in [9.17, 15) is 19.7 Å². The monoisotopic (exact) mass is 321 g/mol. The summed E-state index contributed by atoms with van der Waals surface area (Å²) in [5.41, 5.74) is 0.106. The lowest BCUT2D eigenvalue weighted by molar-refractivity contribution is -0.385. The van der Waals surface area contributed by atoms with Gasteiger partial charge in [0.05, 0.1) is 17.1 Å². The molecule has 1 aromatic rings. The second kappa shape index (κ2) is 8.85. The number of carbonyl (C=O) groups excluding carboxylic acids is 2. The van der Waals surface area contributed by atoms with Crippen LogP contribution in [0.1, 0.15) is 36.2 Å². The van der Waals surface area contributed by atoms with Crippen LogP contribution in [-0.4, -0.2) is 28.4 Å². The molecular weight excluding hydrogens is 306 g/mol. The molecular formula is C15H15NO5S. The highest BCUT2D eigenvalue weighted by Crippen LogP contribution is 2.20. The van der Waals surface area contributed by atoms with Crippen molar-refractivity contribution >= 4 is 28.5 Å². The summed E-state index contributed by atoms with van der Waals surface area (Å²) in [7, 11) is 0. The van der Waals surface area contributed by atoms with E-state index in [1.807, 2.05) is 0 Å². The summed E-state index contributed by atoms with van der Waals surface area (Å²) < 4.78 is 4.81. The molecule has 0 N–H and O–H groups in total. The Bertz CT molecular complexity index is 645. The molecule has 0 radical (unpaired) electrons. The molecule has 0 saturated carbocycles. The molecule has 0 aromatic heterocycles. The standard InChI is InChI=1S/C15H15NO5S/c1-3-21-15(18)13-8-7-12(14(10-13)16(19)20)6-4-5-9-22-11(2)17/h7-8,10H,3,5,9H2,1-2H3. The lowest BCUT2D eigenvalue weighted by atomic mass is 10.1. The van der Waals surface area contributed by atoms with E-state index in [1.165, 1.54) is 19.1 Å². The number of hydrogen-bond donors (Lipinski definition) is 0. The summed E-state index contributed by atoms with van der Waals surface area (Å²) in [5, 5.41) is 11.1. The molecule has 0 heterocycles. The summed E-state index contributed by atoms with van der Waals surface area (Å²) in [5.74, 6) is 5.41. The van der Waals surface area contributed by atoms with E-state index in [0.29, 0.717) is 12.2 Å². The number of esters is 1. The molecule has 0 amide bonds. The van der Waals surface area contributed by atoms with Crippen molar-refractivity contribution in [3.63, 3.8) is 0 Å². The average molecular weight is 321 g/mol. The minimum Gasteiger partial charge on any atom is -0.462 e. The summed E-state index contributed by atoms with van der Waals surface area (Å²) in [6.07, 6.45) is 0.445. The molecule has 0 saturated heterocycles. The average Bonchev–Trinajstić information content (AvgIpc) is 2.46. The Morgan fingerprint density at radius 3 is 2.73 bits per heavy atom. The van der Waals surface area contributed by atoms with Crippen LogP contribution in [0.15, 0.2) is 18.2 Å². The number of thioether (sulfide) groups is 1. The Morgan fingerprint density at radius 2 is 2.14 bits per heavy atom. The van der Waals surface area contributed by atoms with Crippen LogP contribution in [0.25, 0.3) is 0 Å². The zero-order chi connectivity index (χ0) is 16.5. The first kappa shape index (κ1) is 17.7. The lowest BCUT2D eigenvalue weighted by Crippen LogP contribution is -2.05. The number of hydrogen-bond acceptors (Lipinski definition) is 6. The number of ether oxygens (including phenoxy) is 1. The SMILES string of the molecule is CCOC(=O)c1ccc(C#CCCSC(C)=O)c([N+](=O)[O-])c1. The molecule has 0 fully saturated rings. The van der Waals surface area contributed by atoms with Gasteiger partial charge in [-0.3, -0.25) is 14.9 Å². The molecule has 0 spiro atoms. The predicted molar refractivity (Wildman–Crippen MR) is 83.7 cm³/mol. The molecule has 0 unspecified atom stereocenters. The van der Waals surface area contributed by atoms with Gasteiger partial charge in [-0.1, -0.05) is 23.6 Å². The molecule has 0 atom stereocenters. The predicted octanol–water partition coefficient (Wildman–Crippen LogP) is 2.79. The zero-order valence-corrected chi connectivity index (χ0v) is 13.1. The molecule has 116 valence electrons. The Balaban J connectivity index is 2.91. The molecule has 7 heteroatoms. The van der Waals surface area contributed by atoms with Gasteiger partial charge in [-0.2, -0.15) is 0 Å². The van der Waals surface area contributed by atoms with Crippen molar-refractivity contribution < 1.29 is 19.2 Å². The number of carbonyl (C=O) groups is 2. The molecule has 1 rings (SSSR count). The minimum atomic E-state index is -0.608. The van der Waals surface area contributed by atoms with Crippen molar-refractivity contribution in [2.24, 2.45) is 0 Å². The van der Waals surface area contributed by atoms with E-state index < -0.39 is 10.9 Å². The fraction of sp³-hybridized carbons (Fsp3) is 0.333. The van der Waals surface area contributed by atoms with E-state index in [-0.39, 0.29) is 28.5 Å². The second-order valence-corrected chi connectivity index (χ2v) is 5.37. The molecule has 0 bridgehead atoms. The van der Waals surface area contributed by atoms with Crippen molar-refractivity contribution in [2.45, 2.75) is 20.3 Å². The molecule has 0 aliphatic carbocycles. The quantitative estimate of drug-likeness (QED) is 0.272. The number of rotatable bonds is 5. The van der Waals surface area contributed by atoms with Crippen molar-refractivity contribution in [3.05, 3.63) is 39.4 Å². The zero-order valence-electron chi connectivity index (χ0n) is 12.3. The van der Waals surface area contributed by atoms with Crippen LogP contribution in [0.4, 0.5) is 5.69 Å². The van der Waals surface area contributed by atoms with Gasteiger partial charge in [0.25, 0.3) is 5.69 Å². The van der Waals surface area contributed by atoms with Crippen LogP contribution in [0.5, 0.6) is 0 Å². The fourth-order valence-electron chi connectivity index (χ4n) is 1.53. The molecule has 0 aliphatic rings. The molecule has 1 aromatic carbocycles. The summed E-state index contributed by atoms with van der Waals surface area (Å²) in [6.45, 7) is 3.32. The Hall–Kier alpha value is -2.33. The third-order valence-corrected chi connectivity index (χ3v) is 3.28. The highest BCUT2D eigenvalue weighted by Gasteiger charge is 2.17. The van der Waals surface area contributed by atoms with Gasteiger partial charge < -0.3 is 4.74 Å². The van der Waals surface area contributed by atoms with Gasteiger partial charge in [-0.25, -0.2) is 4.79 Å². The number of nitrogens with zero attached hydrogens (tertiary/aromatic N) is 1. The largest absolute Gasteiger partial charge is 0.462 e. The summed E-state index contributed by atoms with van der Waals surface area (Å²) >= 11 is 1.15. The van der Waals surface area contributed by atoms with Crippen molar-refractivity contribution in [2.75, 3.05) is 12.4 Å². The van der Waals surface area contributed by atoms with Gasteiger partial charge in [0, 0.05) is 25.2 Å². The van der Waals surface area contributed by atoms with E-state index in [0.717, 1.165) is 17.8 Å². The van der Waals surface area contributed by atoms with E-state index >= 15 is 0 Å². The summed E-state index contributed by atoms with van der Waals surface area (Å²) in [6, 6.07) is 4.03. The normalized spacial score (nSPS) is 9.55. The Kier molecular flexibility index (Phi) is 7.13. The number of nitro groups is 1. The van der Waals surface area contributed by atoms with Gasteiger partial charge in [-0.05, 0) is 19.1 Å². The van der Waals surface area contributed by atoms with Gasteiger partial charge in [0.1, 0.15) is 5.56 Å². The van der Waals surface area contributed by atoms with Crippen LogP contribution in [0, 0.1) is 22.0 Å². The van der Waals surface area contributed by atoms with Crippen molar-refractivity contribution in [1.29, 1.82) is 0 Å². The first-order valence-electron chi connectivity index (χ1n) is 6.53. The van der Waals surface area contributed by atoms with Crippen LogP contribution in [0.3, 0.4) is 0 Å². The lowest BCUT2D eigenvalue weighted by Gasteiger charge is -2.02. The number of benzene rings is 1. The van der Waals surface area contributed by atoms with E-state index in [2.05, 4.69) is 11.8 Å². The van der Waals surface area contributed by atoms with Crippen LogP contribution in [0.2, 0.25) is 0 Å². The second-order valence-electron chi connectivity index (χ2n) is 4.10. The number of nitro benzene ring substituents is 1. The first-order valence-corrected chi connectivity index (χ1v) is 7.52. The maximum atomic E-state index is 11.6. The van der Waals surface area contributed by atoms with Crippen LogP contribution in [-0.2, 0) is 9.53 Å². The minimum absolute atomic E-state index is 0.00608. The molecule has 22 heavy (non-hydrogen) atoms. The first-order chi connectivity index (χ1) is 10.5. The van der Waals surface area contributed by atoms with Gasteiger partial charge >= 0.3 is 5.97 Å². The summed E-state index contributed by atoms with van der Waals surface area (Å²) in [4.78, 5) is 32.8. The maximum Gasteiger partial charge on any atom is 0.338 e. The fourth-order valence-corrected chi connectivity index (χ4v) is 2.02. The smallest absolute Gasteiger partial charge is 0.338 e. The molecule has 0 aliphatic heterocycles. The van der Waals surface area contributed by atoms with Gasteiger partial charge in [0.2, 0.25) is 0 Å². The Morgan fingerprint density at radius 1 is 1.41 bits per heavy atom. The van der Waals surface area contributed by atoms with Gasteiger partial charge in [0.15, 0.2) is 5.12 Å². The molecule has 6 nitrogen and oxygen atoms in total. The van der Waals surface area contributed by atoms with Crippen LogP contribution < -0.4 is 0 Å². The maximum absolute atomic E-state index is 11.6.